The molecule has 0 heterocycles. The Morgan fingerprint density at radius 1 is 1.44 bits per heavy atom. The number of hydrogen-bond donors (Lipinski definition) is 2. The SMILES string of the molecule is CN(Cc1cccc(N)c1C(=O)O)CC(F)(F)F. The highest BCUT2D eigenvalue weighted by Crippen LogP contribution is 2.21. The van der Waals surface area contributed by atoms with Gasteiger partial charge in [0.05, 0.1) is 12.1 Å². The lowest BCUT2D eigenvalue weighted by atomic mass is 10.1. The zero-order valence-corrected chi connectivity index (χ0v) is 9.66. The zero-order valence-electron chi connectivity index (χ0n) is 9.66. The van der Waals surface area contributed by atoms with Gasteiger partial charge in [0, 0.05) is 12.2 Å². The second kappa shape index (κ2) is 5.26. The lowest BCUT2D eigenvalue weighted by Crippen LogP contribution is -2.31. The minimum atomic E-state index is -4.32. The largest absolute Gasteiger partial charge is 0.478 e. The maximum atomic E-state index is 12.2. The van der Waals surface area contributed by atoms with Crippen LogP contribution in [0.1, 0.15) is 15.9 Å². The number of nitrogen functional groups attached to an aromatic ring is 1. The van der Waals surface area contributed by atoms with Crippen LogP contribution in [0.15, 0.2) is 18.2 Å². The highest BCUT2D eigenvalue weighted by atomic mass is 19.4. The first-order valence-corrected chi connectivity index (χ1v) is 5.06. The third-order valence-corrected chi connectivity index (χ3v) is 2.29. The molecular formula is C11H13F3N2O2. The summed E-state index contributed by atoms with van der Waals surface area (Å²) in [5.41, 5.74) is 5.66. The summed E-state index contributed by atoms with van der Waals surface area (Å²) in [6, 6.07) is 4.36. The number of hydrogen-bond acceptors (Lipinski definition) is 3. The number of rotatable bonds is 4. The molecule has 0 unspecified atom stereocenters. The van der Waals surface area contributed by atoms with Crippen molar-refractivity contribution in [3.63, 3.8) is 0 Å². The number of nitrogens with two attached hydrogens (primary N) is 1. The topological polar surface area (TPSA) is 66.6 Å². The van der Waals surface area contributed by atoms with Gasteiger partial charge in [0.25, 0.3) is 0 Å². The smallest absolute Gasteiger partial charge is 0.401 e. The number of benzene rings is 1. The van der Waals surface area contributed by atoms with E-state index in [-0.39, 0.29) is 23.4 Å². The molecular weight excluding hydrogens is 249 g/mol. The second-order valence-corrected chi connectivity index (χ2v) is 3.97. The van der Waals surface area contributed by atoms with Gasteiger partial charge in [-0.1, -0.05) is 12.1 Å². The van der Waals surface area contributed by atoms with E-state index in [2.05, 4.69) is 0 Å². The molecule has 100 valence electrons. The standard InChI is InChI=1S/C11H13F3N2O2/c1-16(6-11(12,13)14)5-7-3-2-4-8(15)9(7)10(17)18/h2-4H,5-6,15H2,1H3,(H,17,18). The van der Waals surface area contributed by atoms with Crippen molar-refractivity contribution in [1.82, 2.24) is 4.90 Å². The molecule has 0 spiro atoms. The van der Waals surface area contributed by atoms with Gasteiger partial charge in [0.2, 0.25) is 0 Å². The average Bonchev–Trinajstić information content (AvgIpc) is 2.13. The van der Waals surface area contributed by atoms with Crippen LogP contribution in [-0.2, 0) is 6.54 Å². The normalized spacial score (nSPS) is 11.8. The van der Waals surface area contributed by atoms with E-state index in [4.69, 9.17) is 10.8 Å². The number of carboxylic acids is 1. The van der Waals surface area contributed by atoms with Crippen LogP contribution in [0, 0.1) is 0 Å². The fourth-order valence-electron chi connectivity index (χ4n) is 1.67. The van der Waals surface area contributed by atoms with E-state index in [9.17, 15) is 18.0 Å². The number of anilines is 1. The lowest BCUT2D eigenvalue weighted by molar-refractivity contribution is -0.144. The summed E-state index contributed by atoms with van der Waals surface area (Å²) in [5.74, 6) is -1.25. The Hall–Kier alpha value is -1.76. The van der Waals surface area contributed by atoms with Crippen LogP contribution < -0.4 is 5.73 Å². The zero-order chi connectivity index (χ0) is 13.9. The van der Waals surface area contributed by atoms with Crippen molar-refractivity contribution in [1.29, 1.82) is 0 Å². The molecule has 0 atom stereocenters. The Morgan fingerprint density at radius 2 is 2.06 bits per heavy atom. The van der Waals surface area contributed by atoms with Crippen molar-refractivity contribution in [2.24, 2.45) is 0 Å². The molecule has 7 heteroatoms. The fraction of sp³-hybridized carbons (Fsp3) is 0.364. The summed E-state index contributed by atoms with van der Waals surface area (Å²) in [6.45, 7) is -1.24. The number of carbonyl (C=O) groups is 1. The first kappa shape index (κ1) is 14.3. The van der Waals surface area contributed by atoms with Crippen LogP contribution in [0.5, 0.6) is 0 Å². The minimum absolute atomic E-state index is 0.0420. The third-order valence-electron chi connectivity index (χ3n) is 2.29. The summed E-state index contributed by atoms with van der Waals surface area (Å²) in [6.07, 6.45) is -4.32. The molecule has 0 amide bonds. The molecule has 1 rings (SSSR count). The average molecular weight is 262 g/mol. The maximum absolute atomic E-state index is 12.2. The van der Waals surface area contributed by atoms with Crippen molar-refractivity contribution >= 4 is 11.7 Å². The minimum Gasteiger partial charge on any atom is -0.478 e. The van der Waals surface area contributed by atoms with Gasteiger partial charge in [-0.05, 0) is 18.7 Å². The number of halogens is 3. The van der Waals surface area contributed by atoms with Gasteiger partial charge in [-0.3, -0.25) is 4.90 Å². The molecule has 1 aromatic rings. The molecule has 18 heavy (non-hydrogen) atoms. The van der Waals surface area contributed by atoms with E-state index < -0.39 is 18.7 Å². The van der Waals surface area contributed by atoms with Crippen LogP contribution in [-0.4, -0.2) is 35.7 Å². The molecule has 0 saturated carbocycles. The molecule has 3 N–H and O–H groups in total. The number of aromatic carboxylic acids is 1. The van der Waals surface area contributed by atoms with Gasteiger partial charge in [0.1, 0.15) is 0 Å². The third kappa shape index (κ3) is 3.92. The van der Waals surface area contributed by atoms with Gasteiger partial charge < -0.3 is 10.8 Å². The van der Waals surface area contributed by atoms with Crippen molar-refractivity contribution in [2.45, 2.75) is 12.7 Å². The van der Waals surface area contributed by atoms with E-state index >= 15 is 0 Å². The Labute approximate surface area is 102 Å². The summed E-state index contributed by atoms with van der Waals surface area (Å²) >= 11 is 0. The van der Waals surface area contributed by atoms with Gasteiger partial charge >= 0.3 is 12.1 Å². The molecule has 4 nitrogen and oxygen atoms in total. The van der Waals surface area contributed by atoms with E-state index in [0.29, 0.717) is 0 Å². The summed E-state index contributed by atoms with van der Waals surface area (Å²) in [4.78, 5) is 12.0. The number of alkyl halides is 3. The second-order valence-electron chi connectivity index (χ2n) is 3.97. The molecule has 0 aromatic heterocycles. The number of nitrogens with zero attached hydrogens (tertiary/aromatic N) is 1. The van der Waals surface area contributed by atoms with Gasteiger partial charge in [-0.25, -0.2) is 4.79 Å². The summed E-state index contributed by atoms with van der Waals surface area (Å²) in [5, 5.41) is 8.97. The van der Waals surface area contributed by atoms with Crippen molar-refractivity contribution < 1.29 is 23.1 Å². The van der Waals surface area contributed by atoms with Crippen molar-refractivity contribution in [3.05, 3.63) is 29.3 Å². The number of carboxylic acid groups (broad SMARTS) is 1. The Kier molecular flexibility index (Phi) is 4.18. The van der Waals surface area contributed by atoms with Crippen molar-refractivity contribution in [3.8, 4) is 0 Å². The fourth-order valence-corrected chi connectivity index (χ4v) is 1.67. The van der Waals surface area contributed by atoms with Crippen LogP contribution in [0.4, 0.5) is 18.9 Å². The predicted molar refractivity (Wildman–Crippen MR) is 60.2 cm³/mol. The van der Waals surface area contributed by atoms with E-state index in [1.165, 1.54) is 25.2 Å². The van der Waals surface area contributed by atoms with E-state index in [1.807, 2.05) is 0 Å². The highest BCUT2D eigenvalue weighted by molar-refractivity contribution is 5.95. The molecule has 0 aliphatic rings. The Balaban J connectivity index is 2.91. The van der Waals surface area contributed by atoms with Gasteiger partial charge in [-0.15, -0.1) is 0 Å². The van der Waals surface area contributed by atoms with Gasteiger partial charge in [0.15, 0.2) is 0 Å². The monoisotopic (exact) mass is 262 g/mol. The molecule has 0 aliphatic heterocycles. The predicted octanol–water partition coefficient (Wildman–Crippen LogP) is 1.96. The Bertz CT molecular complexity index is 446. The Morgan fingerprint density at radius 3 is 2.56 bits per heavy atom. The first-order valence-electron chi connectivity index (χ1n) is 5.06. The first-order chi connectivity index (χ1) is 8.20. The molecule has 0 aliphatic carbocycles. The highest BCUT2D eigenvalue weighted by Gasteiger charge is 2.29. The van der Waals surface area contributed by atoms with Crippen LogP contribution >= 0.6 is 0 Å². The van der Waals surface area contributed by atoms with E-state index in [1.54, 1.807) is 0 Å². The molecule has 1 aromatic carbocycles. The summed E-state index contributed by atoms with van der Waals surface area (Å²) in [7, 11) is 1.27. The quantitative estimate of drug-likeness (QED) is 0.814. The summed E-state index contributed by atoms with van der Waals surface area (Å²) < 4.78 is 36.5. The molecule has 0 radical (unpaired) electrons. The van der Waals surface area contributed by atoms with Crippen LogP contribution in [0.25, 0.3) is 0 Å². The van der Waals surface area contributed by atoms with E-state index in [0.717, 1.165) is 4.90 Å². The van der Waals surface area contributed by atoms with Crippen LogP contribution in [0.3, 0.4) is 0 Å². The molecule has 0 bridgehead atoms. The molecule has 0 saturated heterocycles. The van der Waals surface area contributed by atoms with Gasteiger partial charge in [-0.2, -0.15) is 13.2 Å². The molecule has 0 fully saturated rings. The lowest BCUT2D eigenvalue weighted by Gasteiger charge is -2.19. The van der Waals surface area contributed by atoms with Crippen LogP contribution in [0.2, 0.25) is 0 Å². The maximum Gasteiger partial charge on any atom is 0.401 e. The van der Waals surface area contributed by atoms with Crippen molar-refractivity contribution in [2.75, 3.05) is 19.3 Å².